The minimum atomic E-state index is 0.0911. The maximum absolute atomic E-state index is 9.10. The highest BCUT2D eigenvalue weighted by molar-refractivity contribution is 5.48. The van der Waals surface area contributed by atoms with Gasteiger partial charge in [-0.2, -0.15) is 0 Å². The zero-order valence-corrected chi connectivity index (χ0v) is 9.70. The van der Waals surface area contributed by atoms with Crippen molar-refractivity contribution in [1.82, 2.24) is 0 Å². The van der Waals surface area contributed by atoms with Crippen molar-refractivity contribution in [3.8, 4) is 11.5 Å². The summed E-state index contributed by atoms with van der Waals surface area (Å²) in [6.45, 7) is 4.03. The fourth-order valence-electron chi connectivity index (χ4n) is 1.50. The Kier molecular flexibility index (Phi) is 3.97. The molecule has 0 aromatic heterocycles. The number of aliphatic hydroxyl groups is 1. The van der Waals surface area contributed by atoms with Crippen LogP contribution in [0.1, 0.15) is 24.0 Å². The highest BCUT2D eigenvalue weighted by Gasteiger charge is 2.11. The van der Waals surface area contributed by atoms with E-state index in [9.17, 15) is 0 Å². The van der Waals surface area contributed by atoms with E-state index in [1.54, 1.807) is 14.2 Å². The summed E-state index contributed by atoms with van der Waals surface area (Å²) < 4.78 is 10.5. The zero-order chi connectivity index (χ0) is 11.4. The van der Waals surface area contributed by atoms with Crippen molar-refractivity contribution in [2.75, 3.05) is 20.8 Å². The molecule has 1 unspecified atom stereocenters. The second-order valence-corrected chi connectivity index (χ2v) is 3.63. The van der Waals surface area contributed by atoms with Gasteiger partial charge in [0.25, 0.3) is 0 Å². The molecule has 0 amide bonds. The molecule has 0 radical (unpaired) electrons. The lowest BCUT2D eigenvalue weighted by atomic mass is 9.99. The molecule has 0 saturated carbocycles. The fourth-order valence-corrected chi connectivity index (χ4v) is 1.50. The van der Waals surface area contributed by atoms with Gasteiger partial charge in [-0.1, -0.05) is 6.92 Å². The van der Waals surface area contributed by atoms with Crippen LogP contribution in [0, 0.1) is 6.92 Å². The number of benzene rings is 1. The molecule has 84 valence electrons. The molecule has 3 heteroatoms. The van der Waals surface area contributed by atoms with Gasteiger partial charge in [0, 0.05) is 18.1 Å². The van der Waals surface area contributed by atoms with Gasteiger partial charge in [-0.15, -0.1) is 0 Å². The van der Waals surface area contributed by atoms with Crippen LogP contribution in [0.4, 0.5) is 0 Å². The quantitative estimate of drug-likeness (QED) is 0.827. The van der Waals surface area contributed by atoms with E-state index in [0.717, 1.165) is 22.6 Å². The fraction of sp³-hybridized carbons (Fsp3) is 0.500. The first-order valence-corrected chi connectivity index (χ1v) is 4.97. The van der Waals surface area contributed by atoms with Crippen LogP contribution >= 0.6 is 0 Å². The number of hydrogen-bond donors (Lipinski definition) is 1. The molecule has 1 N–H and O–H groups in total. The Bertz CT molecular complexity index is 309. The molecule has 0 aliphatic rings. The summed E-state index contributed by atoms with van der Waals surface area (Å²) in [6.07, 6.45) is 0. The van der Waals surface area contributed by atoms with Crippen LogP contribution < -0.4 is 9.47 Å². The molecule has 3 nitrogen and oxygen atoms in total. The lowest BCUT2D eigenvalue weighted by Gasteiger charge is -2.15. The van der Waals surface area contributed by atoms with Gasteiger partial charge in [-0.3, -0.25) is 0 Å². The van der Waals surface area contributed by atoms with Crippen LogP contribution in [0.5, 0.6) is 11.5 Å². The van der Waals surface area contributed by atoms with Crippen molar-refractivity contribution in [2.45, 2.75) is 19.8 Å². The molecule has 1 aromatic carbocycles. The monoisotopic (exact) mass is 210 g/mol. The van der Waals surface area contributed by atoms with Crippen LogP contribution in [0.25, 0.3) is 0 Å². The third kappa shape index (κ3) is 2.42. The zero-order valence-electron chi connectivity index (χ0n) is 9.70. The van der Waals surface area contributed by atoms with E-state index in [4.69, 9.17) is 14.6 Å². The average molecular weight is 210 g/mol. The summed E-state index contributed by atoms with van der Waals surface area (Å²) >= 11 is 0. The Hall–Kier alpha value is -1.22. The van der Waals surface area contributed by atoms with Gasteiger partial charge in [-0.05, 0) is 24.6 Å². The summed E-state index contributed by atoms with van der Waals surface area (Å²) in [4.78, 5) is 0. The second-order valence-electron chi connectivity index (χ2n) is 3.63. The van der Waals surface area contributed by atoms with Gasteiger partial charge in [0.15, 0.2) is 0 Å². The van der Waals surface area contributed by atoms with Crippen molar-refractivity contribution in [3.63, 3.8) is 0 Å². The van der Waals surface area contributed by atoms with Gasteiger partial charge < -0.3 is 14.6 Å². The van der Waals surface area contributed by atoms with Crippen LogP contribution in [0.2, 0.25) is 0 Å². The summed E-state index contributed by atoms with van der Waals surface area (Å²) in [5, 5.41) is 9.10. The highest BCUT2D eigenvalue weighted by Crippen LogP contribution is 2.32. The predicted octanol–water partition coefficient (Wildman–Crippen LogP) is 2.11. The predicted molar refractivity (Wildman–Crippen MR) is 59.8 cm³/mol. The maximum atomic E-state index is 9.10. The van der Waals surface area contributed by atoms with Gasteiger partial charge >= 0.3 is 0 Å². The Morgan fingerprint density at radius 2 is 1.67 bits per heavy atom. The first-order chi connectivity index (χ1) is 7.13. The van der Waals surface area contributed by atoms with Crippen molar-refractivity contribution in [1.29, 1.82) is 0 Å². The second kappa shape index (κ2) is 5.03. The van der Waals surface area contributed by atoms with E-state index in [1.165, 1.54) is 0 Å². The lowest BCUT2D eigenvalue weighted by Crippen LogP contribution is -2.01. The van der Waals surface area contributed by atoms with Gasteiger partial charge in [0.05, 0.1) is 14.2 Å². The maximum Gasteiger partial charge on any atom is 0.125 e. The molecular weight excluding hydrogens is 192 g/mol. The van der Waals surface area contributed by atoms with E-state index in [2.05, 4.69) is 0 Å². The Morgan fingerprint density at radius 1 is 1.20 bits per heavy atom. The molecule has 0 fully saturated rings. The van der Waals surface area contributed by atoms with Crippen molar-refractivity contribution in [2.24, 2.45) is 0 Å². The van der Waals surface area contributed by atoms with Crippen molar-refractivity contribution < 1.29 is 14.6 Å². The largest absolute Gasteiger partial charge is 0.496 e. The first-order valence-electron chi connectivity index (χ1n) is 4.97. The lowest BCUT2D eigenvalue weighted by molar-refractivity contribution is 0.272. The number of rotatable bonds is 4. The molecular formula is C12H18O3. The van der Waals surface area contributed by atoms with Crippen LogP contribution in [0.3, 0.4) is 0 Å². The van der Waals surface area contributed by atoms with E-state index >= 15 is 0 Å². The van der Waals surface area contributed by atoms with Gasteiger partial charge in [-0.25, -0.2) is 0 Å². The van der Waals surface area contributed by atoms with Crippen LogP contribution in [-0.2, 0) is 0 Å². The summed E-state index contributed by atoms with van der Waals surface area (Å²) in [5.74, 6) is 1.68. The highest BCUT2D eigenvalue weighted by atomic mass is 16.5. The summed E-state index contributed by atoms with van der Waals surface area (Å²) in [6, 6.07) is 3.89. The smallest absolute Gasteiger partial charge is 0.125 e. The Morgan fingerprint density at radius 3 is 2.00 bits per heavy atom. The van der Waals surface area contributed by atoms with Crippen molar-refractivity contribution in [3.05, 3.63) is 23.3 Å². The molecule has 15 heavy (non-hydrogen) atoms. The Balaban J connectivity index is 3.20. The molecule has 0 heterocycles. The topological polar surface area (TPSA) is 38.7 Å². The normalized spacial score (nSPS) is 12.3. The van der Waals surface area contributed by atoms with E-state index < -0.39 is 0 Å². The van der Waals surface area contributed by atoms with Crippen molar-refractivity contribution >= 4 is 0 Å². The molecule has 0 aliphatic carbocycles. The number of aliphatic hydroxyl groups excluding tert-OH is 1. The van der Waals surface area contributed by atoms with Gasteiger partial charge in [0.2, 0.25) is 0 Å². The summed E-state index contributed by atoms with van der Waals surface area (Å²) in [7, 11) is 3.27. The average Bonchev–Trinajstić information content (AvgIpc) is 2.28. The van der Waals surface area contributed by atoms with Gasteiger partial charge in [0.1, 0.15) is 11.5 Å². The molecule has 0 aliphatic heterocycles. The molecule has 1 atom stereocenters. The van der Waals surface area contributed by atoms with Crippen LogP contribution in [-0.4, -0.2) is 25.9 Å². The number of methoxy groups -OCH3 is 2. The number of ether oxygens (including phenoxy) is 2. The SMILES string of the molecule is COc1cc(C(C)CO)cc(OC)c1C. The molecule has 1 aromatic rings. The third-order valence-corrected chi connectivity index (χ3v) is 2.62. The molecule has 1 rings (SSSR count). The van der Waals surface area contributed by atoms with E-state index in [1.807, 2.05) is 26.0 Å². The minimum absolute atomic E-state index is 0.0911. The van der Waals surface area contributed by atoms with E-state index in [0.29, 0.717) is 0 Å². The standard InChI is InChI=1S/C12H18O3/c1-8(7-13)10-5-11(14-3)9(2)12(6-10)15-4/h5-6,8,13H,7H2,1-4H3. The molecule has 0 spiro atoms. The Labute approximate surface area is 90.6 Å². The molecule has 0 saturated heterocycles. The molecule has 0 bridgehead atoms. The van der Waals surface area contributed by atoms with Crippen LogP contribution in [0.15, 0.2) is 12.1 Å². The first kappa shape index (κ1) is 11.9. The third-order valence-electron chi connectivity index (χ3n) is 2.62. The summed E-state index contributed by atoms with van der Waals surface area (Å²) in [5.41, 5.74) is 2.01. The minimum Gasteiger partial charge on any atom is -0.496 e. The number of hydrogen-bond acceptors (Lipinski definition) is 3. The van der Waals surface area contributed by atoms with E-state index in [-0.39, 0.29) is 12.5 Å².